The lowest BCUT2D eigenvalue weighted by atomic mass is 10.0. The summed E-state index contributed by atoms with van der Waals surface area (Å²) in [5.74, 6) is -2.60. The van der Waals surface area contributed by atoms with E-state index in [1.54, 1.807) is 75.5 Å². The third kappa shape index (κ3) is 8.40. The zero-order valence-corrected chi connectivity index (χ0v) is 27.2. The van der Waals surface area contributed by atoms with E-state index in [1.165, 1.54) is 28.1 Å². The second kappa shape index (κ2) is 15.8. The molecule has 4 rings (SSSR count). The standard InChI is InChI=1S/C33H35ClFN9O4/c1-19(2)43(17-28(45)41-26-11-7-9-23(30(26)35)22-8-5-6-10-25(22)34)29(46)18-44-27-13-12-20(14-24(27)31(42-44)32(36)47)39-33(48)40-21(15-37-3)16-38-4/h5-16,19,33,39-40,48H,3,17-18H2,1-2,4H3,(H2,36,47)(H,41,45)/b21-15+,38-16?. The number of halogens is 2. The number of amides is 3. The first-order valence-electron chi connectivity index (χ1n) is 14.7. The van der Waals surface area contributed by atoms with E-state index in [1.807, 2.05) is 0 Å². The van der Waals surface area contributed by atoms with Crippen molar-refractivity contribution in [1.82, 2.24) is 20.0 Å². The van der Waals surface area contributed by atoms with Crippen molar-refractivity contribution in [3.63, 3.8) is 0 Å². The highest BCUT2D eigenvalue weighted by Crippen LogP contribution is 2.32. The van der Waals surface area contributed by atoms with Crippen molar-refractivity contribution in [3.8, 4) is 11.1 Å². The van der Waals surface area contributed by atoms with Gasteiger partial charge in [0.15, 0.2) is 11.5 Å². The lowest BCUT2D eigenvalue weighted by molar-refractivity contribution is -0.137. The van der Waals surface area contributed by atoms with Gasteiger partial charge >= 0.3 is 0 Å². The summed E-state index contributed by atoms with van der Waals surface area (Å²) in [6.45, 7) is 6.13. The maximum Gasteiger partial charge on any atom is 0.269 e. The monoisotopic (exact) mass is 675 g/mol. The van der Waals surface area contributed by atoms with E-state index in [-0.39, 0.29) is 30.0 Å². The van der Waals surface area contributed by atoms with Gasteiger partial charge in [0.05, 0.1) is 23.1 Å². The molecule has 1 aromatic heterocycles. The molecule has 1 unspecified atom stereocenters. The minimum absolute atomic E-state index is 0.0643. The predicted molar refractivity (Wildman–Crippen MR) is 185 cm³/mol. The van der Waals surface area contributed by atoms with Crippen LogP contribution in [0.15, 0.2) is 82.5 Å². The molecule has 250 valence electrons. The molecule has 6 N–H and O–H groups in total. The highest BCUT2D eigenvalue weighted by Gasteiger charge is 2.24. The molecule has 1 heterocycles. The fourth-order valence-corrected chi connectivity index (χ4v) is 5.14. The number of fused-ring (bicyclic) bond motifs is 1. The van der Waals surface area contributed by atoms with Crippen LogP contribution in [0.3, 0.4) is 0 Å². The summed E-state index contributed by atoms with van der Waals surface area (Å²) in [6.07, 6.45) is 1.53. The molecule has 0 aliphatic heterocycles. The van der Waals surface area contributed by atoms with E-state index in [2.05, 4.69) is 37.8 Å². The smallest absolute Gasteiger partial charge is 0.269 e. The molecular weight excluding hydrogens is 641 g/mol. The van der Waals surface area contributed by atoms with Gasteiger partial charge in [-0.1, -0.05) is 41.9 Å². The summed E-state index contributed by atoms with van der Waals surface area (Å²) in [4.78, 5) is 47.7. The van der Waals surface area contributed by atoms with Crippen molar-refractivity contribution >= 4 is 64.5 Å². The van der Waals surface area contributed by atoms with Gasteiger partial charge in [-0.05, 0) is 50.9 Å². The second-order valence-corrected chi connectivity index (χ2v) is 11.2. The van der Waals surface area contributed by atoms with E-state index in [0.717, 1.165) is 0 Å². The van der Waals surface area contributed by atoms with Gasteiger partial charge < -0.3 is 31.7 Å². The Hall–Kier alpha value is -5.60. The second-order valence-electron chi connectivity index (χ2n) is 10.8. The van der Waals surface area contributed by atoms with Crippen LogP contribution in [0.4, 0.5) is 15.8 Å². The molecule has 0 saturated heterocycles. The van der Waals surface area contributed by atoms with Gasteiger partial charge in [-0.2, -0.15) is 5.10 Å². The number of aromatic nitrogens is 2. The van der Waals surface area contributed by atoms with Gasteiger partial charge in [0, 0.05) is 46.5 Å². The molecule has 3 amide bonds. The maximum atomic E-state index is 15.4. The Balaban J connectivity index is 1.51. The molecular formula is C33H35ClFN9O4. The molecule has 1 atom stereocenters. The summed E-state index contributed by atoms with van der Waals surface area (Å²) < 4.78 is 16.7. The van der Waals surface area contributed by atoms with Gasteiger partial charge in [0.2, 0.25) is 18.2 Å². The van der Waals surface area contributed by atoms with Gasteiger partial charge in [0.25, 0.3) is 5.91 Å². The highest BCUT2D eigenvalue weighted by atomic mass is 35.5. The van der Waals surface area contributed by atoms with E-state index in [9.17, 15) is 19.5 Å². The number of nitrogens with zero attached hydrogens (tertiary/aromatic N) is 5. The first-order chi connectivity index (χ1) is 22.9. The Morgan fingerprint density at radius 3 is 2.54 bits per heavy atom. The third-order valence-corrected chi connectivity index (χ3v) is 7.40. The lowest BCUT2D eigenvalue weighted by Crippen LogP contribution is -2.44. The van der Waals surface area contributed by atoms with Crippen LogP contribution in [0.25, 0.3) is 22.0 Å². The third-order valence-electron chi connectivity index (χ3n) is 7.07. The number of benzene rings is 3. The fraction of sp³-hybridized carbons (Fsp3) is 0.212. The minimum Gasteiger partial charge on any atom is -0.364 e. The van der Waals surface area contributed by atoms with Crippen LogP contribution < -0.4 is 21.7 Å². The van der Waals surface area contributed by atoms with E-state index in [4.69, 9.17) is 17.3 Å². The first kappa shape index (κ1) is 35.3. The van der Waals surface area contributed by atoms with E-state index in [0.29, 0.717) is 32.9 Å². The number of aliphatic imine (C=N–C) groups is 2. The highest BCUT2D eigenvalue weighted by molar-refractivity contribution is 6.33. The molecule has 4 aromatic rings. The van der Waals surface area contributed by atoms with Crippen LogP contribution in [0.5, 0.6) is 0 Å². The number of carbonyl (C=O) groups is 3. The summed E-state index contributed by atoms with van der Waals surface area (Å²) in [5, 5.41) is 23.6. The Kier molecular flexibility index (Phi) is 11.6. The molecule has 15 heteroatoms. The summed E-state index contributed by atoms with van der Waals surface area (Å²) >= 11 is 6.26. The van der Waals surface area contributed by atoms with Crippen molar-refractivity contribution < 1.29 is 23.9 Å². The van der Waals surface area contributed by atoms with E-state index < -0.39 is 35.9 Å². The molecule has 0 radical (unpaired) electrons. The molecule has 0 saturated carbocycles. The maximum absolute atomic E-state index is 15.4. The number of nitrogens with one attached hydrogen (secondary N) is 3. The summed E-state index contributed by atoms with van der Waals surface area (Å²) in [5.41, 5.74) is 7.33. The topological polar surface area (TPSA) is 179 Å². The quantitative estimate of drug-likeness (QED) is 0.0990. The average molecular weight is 676 g/mol. The first-order valence-corrected chi connectivity index (χ1v) is 15.0. The van der Waals surface area contributed by atoms with Gasteiger partial charge in [-0.3, -0.25) is 29.1 Å². The SMILES string of the molecule is C=N/C=C(\C=NC)NC(O)Nc1ccc2c(c1)c(C(N)=O)nn2CC(=O)N(CC(=O)Nc1cccc(-c2ccccc2Cl)c1F)C(C)C. The van der Waals surface area contributed by atoms with Crippen molar-refractivity contribution in [3.05, 3.63) is 89.1 Å². The van der Waals surface area contributed by atoms with Crippen LogP contribution >= 0.6 is 11.6 Å². The number of nitrogens with two attached hydrogens (primary N) is 1. The van der Waals surface area contributed by atoms with Crippen LogP contribution in [0, 0.1) is 5.82 Å². The van der Waals surface area contributed by atoms with Gasteiger partial charge in [0.1, 0.15) is 13.1 Å². The van der Waals surface area contributed by atoms with Crippen LogP contribution in [0.1, 0.15) is 24.3 Å². The number of anilines is 2. The number of carbonyl (C=O) groups excluding carboxylic acids is 3. The van der Waals surface area contributed by atoms with E-state index >= 15 is 4.39 Å². The lowest BCUT2D eigenvalue weighted by Gasteiger charge is -2.26. The normalized spacial score (nSPS) is 12.3. The van der Waals surface area contributed by atoms with Crippen LogP contribution in [-0.2, 0) is 16.1 Å². The number of aliphatic hydroxyl groups excluding tert-OH is 1. The molecule has 13 nitrogen and oxygen atoms in total. The number of aliphatic hydroxyl groups is 1. The largest absolute Gasteiger partial charge is 0.364 e. The van der Waals surface area contributed by atoms with Gasteiger partial charge in [-0.25, -0.2) is 4.39 Å². The molecule has 0 fully saturated rings. The zero-order chi connectivity index (χ0) is 35.0. The Bertz CT molecular complexity index is 1910. The molecule has 0 aliphatic rings. The number of rotatable bonds is 14. The van der Waals surface area contributed by atoms with Crippen molar-refractivity contribution in [2.45, 2.75) is 32.8 Å². The Morgan fingerprint density at radius 2 is 1.88 bits per heavy atom. The van der Waals surface area contributed by atoms with Crippen LogP contribution in [-0.4, -0.2) is 76.4 Å². The Labute approximate surface area is 281 Å². The molecule has 0 spiro atoms. The van der Waals surface area contributed by atoms with Crippen molar-refractivity contribution in [2.24, 2.45) is 15.7 Å². The molecule has 48 heavy (non-hydrogen) atoms. The number of primary amides is 1. The molecule has 0 aliphatic carbocycles. The fourth-order valence-electron chi connectivity index (χ4n) is 4.91. The zero-order valence-electron chi connectivity index (χ0n) is 26.4. The van der Waals surface area contributed by atoms with Gasteiger partial charge in [-0.15, -0.1) is 0 Å². The predicted octanol–water partition coefficient (Wildman–Crippen LogP) is 3.99. The number of hydrogen-bond acceptors (Lipinski definition) is 9. The minimum atomic E-state index is -1.28. The van der Waals surface area contributed by atoms with Crippen molar-refractivity contribution in [2.75, 3.05) is 24.2 Å². The number of allylic oxidation sites excluding steroid dienone is 1. The summed E-state index contributed by atoms with van der Waals surface area (Å²) in [6, 6.07) is 15.7. The molecule has 0 bridgehead atoms. The average Bonchev–Trinajstić information content (AvgIpc) is 3.39. The van der Waals surface area contributed by atoms with Crippen LogP contribution in [0.2, 0.25) is 5.02 Å². The summed E-state index contributed by atoms with van der Waals surface area (Å²) in [7, 11) is 1.56. The number of hydrogen-bond donors (Lipinski definition) is 5. The molecule has 3 aromatic carbocycles. The Morgan fingerprint density at radius 1 is 1.15 bits per heavy atom. The van der Waals surface area contributed by atoms with Crippen molar-refractivity contribution in [1.29, 1.82) is 0 Å².